The van der Waals surface area contributed by atoms with Gasteiger partial charge in [-0.25, -0.2) is 0 Å². The fourth-order valence-electron chi connectivity index (χ4n) is 6.64. The number of benzene rings is 4. The zero-order chi connectivity index (χ0) is 34.5. The Morgan fingerprint density at radius 1 is 0.380 bits per heavy atom. The van der Waals surface area contributed by atoms with Gasteiger partial charge in [0.1, 0.15) is 0 Å². The van der Waals surface area contributed by atoms with E-state index in [1.807, 2.05) is 0 Å². The zero-order valence-electron chi connectivity index (χ0n) is 24.1. The van der Waals surface area contributed by atoms with E-state index in [9.17, 15) is 0 Å². The van der Waals surface area contributed by atoms with Crippen molar-refractivity contribution in [2.24, 2.45) is 30.0 Å². The molecule has 9 nitrogen and oxygen atoms in total. The SMILES string of the molecule is [O]=[Sn]1[n]2c3c4c(F)ccc(F)c4c2N=C2N=C(N=c4c5c(F)ccc(F)c5c([n]41)=NC1=NC(=N3)c3c(F)ccc(F)c31)c1c(F)ccc(F)c12. The second-order valence-corrected chi connectivity index (χ2v) is 15.5. The molecular weight excluding hydrogens is 783 g/mol. The molecular formula is C32H8F8N8OSn. The van der Waals surface area contributed by atoms with Gasteiger partial charge in [-0.2, -0.15) is 0 Å². The van der Waals surface area contributed by atoms with Crippen LogP contribution in [0.25, 0.3) is 21.5 Å². The van der Waals surface area contributed by atoms with Crippen molar-refractivity contribution in [3.05, 3.63) is 128 Å². The summed E-state index contributed by atoms with van der Waals surface area (Å²) >= 11 is -5.44. The molecule has 10 rings (SSSR count). The molecule has 242 valence electrons. The van der Waals surface area contributed by atoms with Gasteiger partial charge in [0.15, 0.2) is 0 Å². The minimum atomic E-state index is -5.44. The number of fused-ring (bicyclic) bond motifs is 14. The molecule has 50 heavy (non-hydrogen) atoms. The predicted molar refractivity (Wildman–Crippen MR) is 161 cm³/mol. The molecule has 0 amide bonds. The summed E-state index contributed by atoms with van der Waals surface area (Å²) < 4.78 is 142. The Morgan fingerprint density at radius 2 is 0.680 bits per heavy atom. The van der Waals surface area contributed by atoms with Gasteiger partial charge in [0, 0.05) is 0 Å². The van der Waals surface area contributed by atoms with E-state index in [0.29, 0.717) is 0 Å². The second-order valence-electron chi connectivity index (χ2n) is 11.3. The minimum absolute atomic E-state index is 0.563. The Balaban J connectivity index is 1.55. The molecule has 18 heteroatoms. The van der Waals surface area contributed by atoms with E-state index >= 15 is 38.2 Å². The van der Waals surface area contributed by atoms with Gasteiger partial charge in [-0.1, -0.05) is 0 Å². The van der Waals surface area contributed by atoms with Crippen molar-refractivity contribution in [3.8, 4) is 0 Å². The van der Waals surface area contributed by atoms with Gasteiger partial charge in [-0.05, 0) is 0 Å². The van der Waals surface area contributed by atoms with Crippen LogP contribution in [-0.2, 0) is 3.08 Å². The Labute approximate surface area is 278 Å². The number of hydrogen-bond acceptors (Lipinski definition) is 7. The average molecular weight is 791 g/mol. The van der Waals surface area contributed by atoms with Crippen molar-refractivity contribution in [3.63, 3.8) is 0 Å². The van der Waals surface area contributed by atoms with Crippen molar-refractivity contribution in [1.29, 1.82) is 0 Å². The summed E-state index contributed by atoms with van der Waals surface area (Å²) in [5.74, 6) is -12.5. The molecule has 2 aromatic heterocycles. The summed E-state index contributed by atoms with van der Waals surface area (Å²) in [5, 5.41) is -2.61. The Hall–Kier alpha value is -5.72. The van der Waals surface area contributed by atoms with Crippen LogP contribution in [0, 0.1) is 46.5 Å². The monoisotopic (exact) mass is 792 g/mol. The third-order valence-electron chi connectivity index (χ3n) is 8.70. The van der Waals surface area contributed by atoms with Crippen LogP contribution < -0.4 is 11.0 Å². The Bertz CT molecular complexity index is 2810. The van der Waals surface area contributed by atoms with Crippen molar-refractivity contribution in [2.45, 2.75) is 0 Å². The summed E-state index contributed by atoms with van der Waals surface area (Å²) in [6, 6.07) is 5.96. The van der Waals surface area contributed by atoms with Crippen molar-refractivity contribution < 1.29 is 38.2 Å². The summed E-state index contributed by atoms with van der Waals surface area (Å²) in [7, 11) is 0. The summed E-state index contributed by atoms with van der Waals surface area (Å²) in [4.78, 5) is 25.5. The number of nitrogens with zero attached hydrogens (tertiary/aromatic N) is 8. The standard InChI is InChI=1S/C32H8F8N8.O.Sn/c33-9-1-2-10(34)18-17(9)25-41-26(18)46-28-21-13(37)5-6-14(38)22(21)30(43-28)48-32-24-16(40)8-7-15(39)23(24)31(44-32)47-29-20-12(36)4-3-11(35)19(20)27(42-29)45-25;;/h1-8H;;/q-2;;+2. The van der Waals surface area contributed by atoms with E-state index in [-0.39, 0.29) is 0 Å². The number of halogens is 8. The first-order valence-electron chi connectivity index (χ1n) is 14.4. The maximum absolute atomic E-state index is 15.9. The number of amidine groups is 4. The first-order valence-corrected chi connectivity index (χ1v) is 18.1. The molecule has 0 atom stereocenters. The van der Waals surface area contributed by atoms with Gasteiger partial charge in [0.25, 0.3) is 0 Å². The summed E-state index contributed by atoms with van der Waals surface area (Å²) in [6.45, 7) is 0. The van der Waals surface area contributed by atoms with Crippen LogP contribution in [0.15, 0.2) is 78.5 Å². The van der Waals surface area contributed by atoms with Gasteiger partial charge in [-0.3, -0.25) is 0 Å². The van der Waals surface area contributed by atoms with Crippen LogP contribution in [0.2, 0.25) is 0 Å². The molecule has 0 saturated carbocycles. The molecule has 0 radical (unpaired) electrons. The van der Waals surface area contributed by atoms with E-state index in [2.05, 4.69) is 30.0 Å². The molecule has 0 spiro atoms. The number of aliphatic imine (C=N–C) groups is 4. The Kier molecular flexibility index (Phi) is 5.67. The quantitative estimate of drug-likeness (QED) is 0.148. The molecule has 6 heterocycles. The Morgan fingerprint density at radius 3 is 1.04 bits per heavy atom. The van der Waals surface area contributed by atoms with Gasteiger partial charge in [0.2, 0.25) is 0 Å². The third kappa shape index (κ3) is 3.56. The molecule has 0 saturated heterocycles. The normalized spacial score (nSPS) is 15.2. The molecule has 6 aromatic rings. The number of rotatable bonds is 0. The molecule has 0 N–H and O–H groups in total. The van der Waals surface area contributed by atoms with Gasteiger partial charge >= 0.3 is 279 Å². The topological polar surface area (TPSA) is 101 Å². The van der Waals surface area contributed by atoms with Crippen LogP contribution in [0.3, 0.4) is 0 Å². The second kappa shape index (κ2) is 9.71. The van der Waals surface area contributed by atoms with Crippen molar-refractivity contribution in [1.82, 2.24) is 5.58 Å². The fraction of sp³-hybridized carbons (Fsp3) is 0. The van der Waals surface area contributed by atoms with E-state index < -0.39 is 157 Å². The summed E-state index contributed by atoms with van der Waals surface area (Å²) in [5.41, 5.74) is -3.57. The molecule has 0 aliphatic carbocycles. The third-order valence-corrected chi connectivity index (χ3v) is 13.3. The predicted octanol–water partition coefficient (Wildman–Crippen LogP) is 5.46. The number of aromatic nitrogens is 2. The molecule has 4 aliphatic heterocycles. The van der Waals surface area contributed by atoms with Crippen molar-refractivity contribution >= 4 is 76.8 Å². The van der Waals surface area contributed by atoms with E-state index in [0.717, 1.165) is 54.1 Å². The average Bonchev–Trinajstić information content (AvgIpc) is 3.81. The molecule has 4 aliphatic rings. The summed E-state index contributed by atoms with van der Waals surface area (Å²) in [6.07, 6.45) is 0. The molecule has 6 bridgehead atoms. The van der Waals surface area contributed by atoms with Gasteiger partial charge in [0.05, 0.1) is 0 Å². The zero-order valence-corrected chi connectivity index (χ0v) is 27.0. The molecule has 0 fully saturated rings. The van der Waals surface area contributed by atoms with E-state index in [4.69, 9.17) is 0 Å². The molecule has 4 aromatic carbocycles. The van der Waals surface area contributed by atoms with Gasteiger partial charge in [-0.15, -0.1) is 0 Å². The number of hydrogen-bond donors (Lipinski definition) is 0. The first kappa shape index (κ1) is 29.2. The van der Waals surface area contributed by atoms with Crippen LogP contribution in [0.5, 0.6) is 0 Å². The first-order chi connectivity index (χ1) is 24.0. The maximum atomic E-state index is 15.9. The van der Waals surface area contributed by atoms with Crippen LogP contribution in [0.1, 0.15) is 22.3 Å². The van der Waals surface area contributed by atoms with Crippen molar-refractivity contribution in [2.75, 3.05) is 0 Å². The van der Waals surface area contributed by atoms with Crippen LogP contribution in [-0.4, -0.2) is 49.2 Å². The van der Waals surface area contributed by atoms with Crippen LogP contribution >= 0.6 is 0 Å². The fourth-order valence-corrected chi connectivity index (χ4v) is 11.1. The van der Waals surface area contributed by atoms with E-state index in [1.54, 1.807) is 0 Å². The van der Waals surface area contributed by atoms with Crippen LogP contribution in [0.4, 0.5) is 46.8 Å². The van der Waals surface area contributed by atoms with E-state index in [1.165, 1.54) is 0 Å². The van der Waals surface area contributed by atoms with Gasteiger partial charge < -0.3 is 0 Å². The molecule has 0 unspecified atom stereocenters.